The van der Waals surface area contributed by atoms with Crippen LogP contribution in [0.3, 0.4) is 0 Å². The van der Waals surface area contributed by atoms with Crippen LogP contribution in [0.1, 0.15) is 50.2 Å². The molecule has 0 aliphatic heterocycles. The van der Waals surface area contributed by atoms with Gasteiger partial charge in [0.25, 0.3) is 0 Å². The number of hydrogen-bond acceptors (Lipinski definition) is 3. The van der Waals surface area contributed by atoms with Crippen molar-refractivity contribution in [1.82, 2.24) is 0 Å². The average Bonchev–Trinajstić information content (AvgIpc) is 2.28. The zero-order chi connectivity index (χ0) is 13.7. The molecule has 0 aromatic heterocycles. The molecule has 0 spiro atoms. The molecule has 3 unspecified atom stereocenters. The van der Waals surface area contributed by atoms with E-state index < -0.39 is 12.2 Å². The number of rotatable bonds is 6. The molecule has 0 fully saturated rings. The molecule has 0 aliphatic rings. The van der Waals surface area contributed by atoms with Crippen LogP contribution >= 0.6 is 0 Å². The van der Waals surface area contributed by atoms with E-state index in [0.29, 0.717) is 12.8 Å². The molecule has 102 valence electrons. The van der Waals surface area contributed by atoms with Gasteiger partial charge >= 0.3 is 0 Å². The third kappa shape index (κ3) is 4.00. The van der Waals surface area contributed by atoms with Crippen molar-refractivity contribution in [3.63, 3.8) is 0 Å². The summed E-state index contributed by atoms with van der Waals surface area (Å²) < 4.78 is 0. The van der Waals surface area contributed by atoms with Crippen LogP contribution in [0, 0.1) is 6.92 Å². The van der Waals surface area contributed by atoms with E-state index in [0.717, 1.165) is 17.5 Å². The molecule has 1 aromatic carbocycles. The summed E-state index contributed by atoms with van der Waals surface area (Å²) in [5.41, 5.74) is 2.12. The van der Waals surface area contributed by atoms with Gasteiger partial charge in [0.1, 0.15) is 5.75 Å². The minimum Gasteiger partial charge on any atom is -0.508 e. The fourth-order valence-corrected chi connectivity index (χ4v) is 2.35. The van der Waals surface area contributed by atoms with Crippen molar-refractivity contribution in [2.45, 2.75) is 58.2 Å². The zero-order valence-corrected chi connectivity index (χ0v) is 11.4. The van der Waals surface area contributed by atoms with Gasteiger partial charge in [0, 0.05) is 0 Å². The second kappa shape index (κ2) is 6.76. The molecule has 0 amide bonds. The maximum atomic E-state index is 9.93. The first kappa shape index (κ1) is 15.0. The lowest BCUT2D eigenvalue weighted by Crippen LogP contribution is -2.27. The quantitative estimate of drug-likeness (QED) is 0.729. The summed E-state index contributed by atoms with van der Waals surface area (Å²) in [6, 6.07) is 5.27. The molecule has 0 bridgehead atoms. The maximum Gasteiger partial charge on any atom is 0.115 e. The number of aromatic hydroxyl groups is 1. The molecular weight excluding hydrogens is 228 g/mol. The Balaban J connectivity index is 2.67. The van der Waals surface area contributed by atoms with E-state index in [1.165, 1.54) is 0 Å². The van der Waals surface area contributed by atoms with Crippen molar-refractivity contribution in [3.8, 4) is 5.75 Å². The van der Waals surface area contributed by atoms with E-state index in [1.807, 2.05) is 26.8 Å². The fraction of sp³-hybridized carbons (Fsp3) is 0.600. The number of aliphatic hydroxyl groups is 2. The molecule has 3 nitrogen and oxygen atoms in total. The molecule has 0 saturated heterocycles. The van der Waals surface area contributed by atoms with E-state index in [1.54, 1.807) is 12.1 Å². The highest BCUT2D eigenvalue weighted by molar-refractivity contribution is 5.35. The van der Waals surface area contributed by atoms with Gasteiger partial charge in [0.15, 0.2) is 0 Å². The average molecular weight is 252 g/mol. The van der Waals surface area contributed by atoms with Crippen LogP contribution in [0.4, 0.5) is 0 Å². The Kier molecular flexibility index (Phi) is 5.63. The van der Waals surface area contributed by atoms with Crippen molar-refractivity contribution in [2.24, 2.45) is 0 Å². The molecule has 0 heterocycles. The number of hydrogen-bond donors (Lipinski definition) is 3. The van der Waals surface area contributed by atoms with Gasteiger partial charge in [0.2, 0.25) is 0 Å². The standard InChI is InChI=1S/C15H24O3/c1-4-5-14(17)15(18)9-11(3)13-7-6-12(16)8-10(13)2/h6-8,11,14-18H,4-5,9H2,1-3H3. The van der Waals surface area contributed by atoms with Gasteiger partial charge in [-0.1, -0.05) is 26.3 Å². The van der Waals surface area contributed by atoms with Crippen molar-refractivity contribution in [1.29, 1.82) is 0 Å². The first-order valence-electron chi connectivity index (χ1n) is 6.61. The lowest BCUT2D eigenvalue weighted by Gasteiger charge is -2.22. The first-order valence-corrected chi connectivity index (χ1v) is 6.61. The van der Waals surface area contributed by atoms with Gasteiger partial charge in [-0.15, -0.1) is 0 Å². The van der Waals surface area contributed by atoms with Crippen LogP contribution < -0.4 is 0 Å². The number of phenols is 1. The van der Waals surface area contributed by atoms with Crippen LogP contribution in [-0.2, 0) is 0 Å². The molecule has 0 radical (unpaired) electrons. The van der Waals surface area contributed by atoms with Crippen LogP contribution in [0.25, 0.3) is 0 Å². The molecule has 3 heteroatoms. The van der Waals surface area contributed by atoms with E-state index in [4.69, 9.17) is 0 Å². The van der Waals surface area contributed by atoms with Gasteiger partial charge in [-0.3, -0.25) is 0 Å². The monoisotopic (exact) mass is 252 g/mol. The van der Waals surface area contributed by atoms with E-state index in [-0.39, 0.29) is 11.7 Å². The van der Waals surface area contributed by atoms with Crippen LogP contribution in [0.15, 0.2) is 18.2 Å². The molecule has 3 N–H and O–H groups in total. The highest BCUT2D eigenvalue weighted by atomic mass is 16.3. The summed E-state index contributed by atoms with van der Waals surface area (Å²) in [7, 11) is 0. The molecule has 3 atom stereocenters. The number of aliphatic hydroxyl groups excluding tert-OH is 2. The number of phenolic OH excluding ortho intramolecular Hbond substituents is 1. The maximum absolute atomic E-state index is 9.93. The third-order valence-electron chi connectivity index (χ3n) is 3.41. The lowest BCUT2D eigenvalue weighted by atomic mass is 9.89. The Morgan fingerprint density at radius 2 is 1.83 bits per heavy atom. The summed E-state index contributed by atoms with van der Waals surface area (Å²) in [6.07, 6.45) is 0.697. The predicted molar refractivity (Wildman–Crippen MR) is 72.8 cm³/mol. The van der Waals surface area contributed by atoms with Crippen LogP contribution in [0.2, 0.25) is 0 Å². The molecule has 18 heavy (non-hydrogen) atoms. The molecular formula is C15H24O3. The van der Waals surface area contributed by atoms with E-state index >= 15 is 0 Å². The Hall–Kier alpha value is -1.06. The second-order valence-electron chi connectivity index (χ2n) is 5.10. The Morgan fingerprint density at radius 1 is 1.17 bits per heavy atom. The van der Waals surface area contributed by atoms with E-state index in [9.17, 15) is 15.3 Å². The van der Waals surface area contributed by atoms with Gasteiger partial charge in [0.05, 0.1) is 12.2 Å². The number of benzene rings is 1. The SMILES string of the molecule is CCCC(O)C(O)CC(C)c1ccc(O)cc1C. The molecule has 0 aliphatic carbocycles. The van der Waals surface area contributed by atoms with Crippen LogP contribution in [-0.4, -0.2) is 27.5 Å². The first-order chi connectivity index (χ1) is 8.45. The molecule has 1 rings (SSSR count). The molecule has 1 aromatic rings. The minimum atomic E-state index is -0.687. The van der Waals surface area contributed by atoms with Gasteiger partial charge in [-0.2, -0.15) is 0 Å². The van der Waals surface area contributed by atoms with Crippen molar-refractivity contribution in [2.75, 3.05) is 0 Å². The lowest BCUT2D eigenvalue weighted by molar-refractivity contribution is 0.00635. The Labute approximate surface area is 109 Å². The molecule has 0 saturated carbocycles. The second-order valence-corrected chi connectivity index (χ2v) is 5.10. The fourth-order valence-electron chi connectivity index (χ4n) is 2.35. The summed E-state index contributed by atoms with van der Waals surface area (Å²) >= 11 is 0. The summed E-state index contributed by atoms with van der Waals surface area (Å²) in [6.45, 7) is 5.96. The Bertz CT molecular complexity index is 376. The van der Waals surface area contributed by atoms with Gasteiger partial charge < -0.3 is 15.3 Å². The highest BCUT2D eigenvalue weighted by Gasteiger charge is 2.20. The van der Waals surface area contributed by atoms with Crippen molar-refractivity contribution in [3.05, 3.63) is 29.3 Å². The topological polar surface area (TPSA) is 60.7 Å². The van der Waals surface area contributed by atoms with Gasteiger partial charge in [-0.05, 0) is 48.9 Å². The van der Waals surface area contributed by atoms with Gasteiger partial charge in [-0.25, -0.2) is 0 Å². The largest absolute Gasteiger partial charge is 0.508 e. The number of aryl methyl sites for hydroxylation is 1. The summed E-state index contributed by atoms with van der Waals surface area (Å²) in [5.74, 6) is 0.419. The zero-order valence-electron chi connectivity index (χ0n) is 11.4. The normalized spacial score (nSPS) is 16.3. The third-order valence-corrected chi connectivity index (χ3v) is 3.41. The predicted octanol–water partition coefficient (Wildman–Crippen LogP) is 2.72. The van der Waals surface area contributed by atoms with E-state index in [2.05, 4.69) is 0 Å². The smallest absolute Gasteiger partial charge is 0.115 e. The summed E-state index contributed by atoms with van der Waals surface area (Å²) in [4.78, 5) is 0. The van der Waals surface area contributed by atoms with Crippen molar-refractivity contribution < 1.29 is 15.3 Å². The van der Waals surface area contributed by atoms with Crippen molar-refractivity contribution >= 4 is 0 Å². The highest BCUT2D eigenvalue weighted by Crippen LogP contribution is 2.27. The van der Waals surface area contributed by atoms with Crippen LogP contribution in [0.5, 0.6) is 5.75 Å². The summed E-state index contributed by atoms with van der Waals surface area (Å²) in [5, 5.41) is 29.0. The Morgan fingerprint density at radius 3 is 2.39 bits per heavy atom. The minimum absolute atomic E-state index is 0.159.